The molecule has 2 rings (SSSR count). The fraction of sp³-hybridized carbons (Fsp3) is 0.571. The summed E-state index contributed by atoms with van der Waals surface area (Å²) in [5.74, 6) is 1.50. The Morgan fingerprint density at radius 3 is 2.76 bits per heavy atom. The molecular weight excluding hydrogens is 280 g/mol. The van der Waals surface area contributed by atoms with Crippen LogP contribution in [0.4, 0.5) is 0 Å². The van der Waals surface area contributed by atoms with Crippen LogP contribution in [0.25, 0.3) is 0 Å². The minimum atomic E-state index is -0.485. The molecule has 1 saturated carbocycles. The van der Waals surface area contributed by atoms with E-state index >= 15 is 0 Å². The van der Waals surface area contributed by atoms with Crippen LogP contribution >= 0.6 is 15.9 Å². The average Bonchev–Trinajstić information content (AvgIpc) is 2.78. The second-order valence-corrected chi connectivity index (χ2v) is 5.74. The summed E-state index contributed by atoms with van der Waals surface area (Å²) >= 11 is 3.44. The standard InChI is InChI=1S/C14H19BrO2/c1-10(16)13-7-6-12(15)8-14(13)17-9-11-4-2-3-5-11/h6-8,10-11,16H,2-5,9H2,1H3/t10-/m0/s1. The quantitative estimate of drug-likeness (QED) is 0.908. The van der Waals surface area contributed by atoms with Gasteiger partial charge >= 0.3 is 0 Å². The first-order valence-corrected chi connectivity index (χ1v) is 7.06. The molecule has 1 aromatic carbocycles. The Hall–Kier alpha value is -0.540. The number of halogens is 1. The second-order valence-electron chi connectivity index (χ2n) is 4.82. The van der Waals surface area contributed by atoms with E-state index < -0.39 is 6.10 Å². The number of aliphatic hydroxyl groups excluding tert-OH is 1. The van der Waals surface area contributed by atoms with Gasteiger partial charge in [-0.15, -0.1) is 0 Å². The van der Waals surface area contributed by atoms with Gasteiger partial charge in [0.2, 0.25) is 0 Å². The summed E-state index contributed by atoms with van der Waals surface area (Å²) in [6.45, 7) is 2.54. The first kappa shape index (κ1) is 12.9. The van der Waals surface area contributed by atoms with Crippen LogP contribution in [0.3, 0.4) is 0 Å². The highest BCUT2D eigenvalue weighted by atomic mass is 79.9. The predicted molar refractivity (Wildman–Crippen MR) is 72.2 cm³/mol. The largest absolute Gasteiger partial charge is 0.493 e. The van der Waals surface area contributed by atoms with Crippen molar-refractivity contribution in [1.29, 1.82) is 0 Å². The van der Waals surface area contributed by atoms with E-state index in [2.05, 4.69) is 15.9 Å². The number of rotatable bonds is 4. The van der Waals surface area contributed by atoms with Crippen LogP contribution in [0, 0.1) is 5.92 Å². The molecule has 0 spiro atoms. The maximum absolute atomic E-state index is 9.69. The monoisotopic (exact) mass is 298 g/mol. The molecule has 0 unspecified atom stereocenters. The van der Waals surface area contributed by atoms with E-state index in [0.29, 0.717) is 5.92 Å². The van der Waals surface area contributed by atoms with Crippen molar-refractivity contribution in [2.75, 3.05) is 6.61 Å². The van der Waals surface area contributed by atoms with E-state index in [1.807, 2.05) is 18.2 Å². The number of aliphatic hydroxyl groups is 1. The predicted octanol–water partition coefficient (Wildman–Crippen LogP) is 4.07. The third-order valence-electron chi connectivity index (χ3n) is 3.37. The third kappa shape index (κ3) is 3.46. The van der Waals surface area contributed by atoms with E-state index in [-0.39, 0.29) is 0 Å². The summed E-state index contributed by atoms with van der Waals surface area (Å²) in [4.78, 5) is 0. The average molecular weight is 299 g/mol. The summed E-state index contributed by atoms with van der Waals surface area (Å²) < 4.78 is 6.86. The van der Waals surface area contributed by atoms with Crippen molar-refractivity contribution >= 4 is 15.9 Å². The Bertz CT molecular complexity index is 370. The van der Waals surface area contributed by atoms with Gasteiger partial charge in [-0.3, -0.25) is 0 Å². The molecule has 2 nitrogen and oxygen atoms in total. The van der Waals surface area contributed by atoms with Gasteiger partial charge in [-0.25, -0.2) is 0 Å². The van der Waals surface area contributed by atoms with Crippen LogP contribution in [0.2, 0.25) is 0 Å². The highest BCUT2D eigenvalue weighted by molar-refractivity contribution is 9.10. The van der Waals surface area contributed by atoms with Crippen LogP contribution in [-0.4, -0.2) is 11.7 Å². The first-order valence-electron chi connectivity index (χ1n) is 6.27. The number of hydrogen-bond acceptors (Lipinski definition) is 2. The Morgan fingerprint density at radius 1 is 1.41 bits per heavy atom. The molecule has 1 atom stereocenters. The molecule has 0 amide bonds. The lowest BCUT2D eigenvalue weighted by molar-refractivity contribution is 0.186. The summed E-state index contributed by atoms with van der Waals surface area (Å²) in [5.41, 5.74) is 0.867. The van der Waals surface area contributed by atoms with Crippen LogP contribution in [-0.2, 0) is 0 Å². The van der Waals surface area contributed by atoms with Gasteiger partial charge in [0.25, 0.3) is 0 Å². The van der Waals surface area contributed by atoms with Crippen molar-refractivity contribution in [3.63, 3.8) is 0 Å². The molecule has 0 heterocycles. The first-order chi connectivity index (χ1) is 8.16. The highest BCUT2D eigenvalue weighted by Crippen LogP contribution is 2.31. The normalized spacial score (nSPS) is 18.3. The molecule has 1 N–H and O–H groups in total. The Morgan fingerprint density at radius 2 is 2.12 bits per heavy atom. The topological polar surface area (TPSA) is 29.5 Å². The van der Waals surface area contributed by atoms with Crippen LogP contribution in [0.1, 0.15) is 44.3 Å². The molecule has 1 aliphatic carbocycles. The van der Waals surface area contributed by atoms with Gasteiger partial charge < -0.3 is 9.84 Å². The summed E-state index contributed by atoms with van der Waals surface area (Å²) in [7, 11) is 0. The van der Waals surface area contributed by atoms with Gasteiger partial charge in [0, 0.05) is 10.0 Å². The van der Waals surface area contributed by atoms with Crippen molar-refractivity contribution < 1.29 is 9.84 Å². The Labute approximate surface area is 111 Å². The molecule has 0 aromatic heterocycles. The van der Waals surface area contributed by atoms with E-state index in [1.165, 1.54) is 25.7 Å². The van der Waals surface area contributed by atoms with Crippen molar-refractivity contribution in [2.24, 2.45) is 5.92 Å². The lowest BCUT2D eigenvalue weighted by Crippen LogP contribution is -2.09. The van der Waals surface area contributed by atoms with Gasteiger partial charge in [0.15, 0.2) is 0 Å². The van der Waals surface area contributed by atoms with Crippen molar-refractivity contribution in [3.8, 4) is 5.75 Å². The summed E-state index contributed by atoms with van der Waals surface area (Å²) in [5, 5.41) is 9.69. The van der Waals surface area contributed by atoms with Crippen molar-refractivity contribution in [1.82, 2.24) is 0 Å². The smallest absolute Gasteiger partial charge is 0.126 e. The second kappa shape index (κ2) is 5.87. The maximum Gasteiger partial charge on any atom is 0.126 e. The van der Waals surface area contributed by atoms with Crippen LogP contribution in [0.5, 0.6) is 5.75 Å². The number of hydrogen-bond donors (Lipinski definition) is 1. The summed E-state index contributed by atoms with van der Waals surface area (Å²) in [6, 6.07) is 5.79. The molecule has 1 aromatic rings. The fourth-order valence-corrected chi connectivity index (χ4v) is 2.70. The molecular formula is C14H19BrO2. The molecule has 0 aliphatic heterocycles. The van der Waals surface area contributed by atoms with Gasteiger partial charge in [-0.2, -0.15) is 0 Å². The van der Waals surface area contributed by atoms with Gasteiger partial charge in [0.1, 0.15) is 5.75 Å². The SMILES string of the molecule is C[C@H](O)c1ccc(Br)cc1OCC1CCCC1. The van der Waals surface area contributed by atoms with Crippen molar-refractivity contribution in [2.45, 2.75) is 38.7 Å². The zero-order valence-corrected chi connectivity index (χ0v) is 11.7. The van der Waals surface area contributed by atoms with Crippen LogP contribution < -0.4 is 4.74 Å². The molecule has 0 bridgehead atoms. The third-order valence-corrected chi connectivity index (χ3v) is 3.87. The van der Waals surface area contributed by atoms with Gasteiger partial charge in [-0.1, -0.05) is 34.8 Å². The highest BCUT2D eigenvalue weighted by Gasteiger charge is 2.17. The van der Waals surface area contributed by atoms with E-state index in [1.54, 1.807) is 6.92 Å². The molecule has 1 fully saturated rings. The Kier molecular flexibility index (Phi) is 4.46. The number of benzene rings is 1. The van der Waals surface area contributed by atoms with Gasteiger partial charge in [-0.05, 0) is 37.8 Å². The summed E-state index contributed by atoms with van der Waals surface area (Å²) in [6.07, 6.45) is 4.73. The Balaban J connectivity index is 2.04. The number of ether oxygens (including phenoxy) is 1. The molecule has 3 heteroatoms. The minimum absolute atomic E-state index is 0.485. The lowest BCUT2D eigenvalue weighted by Gasteiger charge is -2.16. The minimum Gasteiger partial charge on any atom is -0.493 e. The molecule has 0 saturated heterocycles. The molecule has 17 heavy (non-hydrogen) atoms. The maximum atomic E-state index is 9.69. The van der Waals surface area contributed by atoms with Crippen molar-refractivity contribution in [3.05, 3.63) is 28.2 Å². The molecule has 1 aliphatic rings. The lowest BCUT2D eigenvalue weighted by atomic mass is 10.1. The molecule has 0 radical (unpaired) electrons. The van der Waals surface area contributed by atoms with E-state index in [9.17, 15) is 5.11 Å². The zero-order valence-electron chi connectivity index (χ0n) is 10.2. The van der Waals surface area contributed by atoms with E-state index in [4.69, 9.17) is 4.74 Å². The van der Waals surface area contributed by atoms with Gasteiger partial charge in [0.05, 0.1) is 12.7 Å². The fourth-order valence-electron chi connectivity index (χ4n) is 2.36. The van der Waals surface area contributed by atoms with Crippen LogP contribution in [0.15, 0.2) is 22.7 Å². The molecule has 94 valence electrons. The van der Waals surface area contributed by atoms with E-state index in [0.717, 1.165) is 22.4 Å². The zero-order chi connectivity index (χ0) is 12.3.